The largest absolute Gasteiger partial charge is 0.368 e. The van der Waals surface area contributed by atoms with Crippen molar-refractivity contribution in [1.82, 2.24) is 4.90 Å². The molecule has 1 amide bonds. The normalized spacial score (nSPS) is 15.1. The molecule has 1 aromatic carbocycles. The molecule has 0 saturated carbocycles. The first-order valence-electron chi connectivity index (χ1n) is 7.97. The number of nitrogens with zero attached hydrogens (tertiary/aromatic N) is 2. The average molecular weight is 349 g/mol. The summed E-state index contributed by atoms with van der Waals surface area (Å²) >= 11 is 7.74. The number of carbonyl (C=O) groups excluding carboxylic acids is 1. The van der Waals surface area contributed by atoms with Crippen LogP contribution in [-0.4, -0.2) is 37.0 Å². The molecule has 0 unspecified atom stereocenters. The molecular formula is C18H21ClN2OS. The minimum atomic E-state index is 0.164. The fourth-order valence-corrected chi connectivity index (χ4v) is 3.99. The first-order valence-corrected chi connectivity index (χ1v) is 9.17. The Hall–Kier alpha value is -1.52. The second kappa shape index (κ2) is 6.93. The number of aryl methyl sites for hydroxylation is 2. The van der Waals surface area contributed by atoms with Crippen molar-refractivity contribution in [2.75, 3.05) is 31.1 Å². The van der Waals surface area contributed by atoms with Crippen molar-refractivity contribution in [2.24, 2.45) is 0 Å². The van der Waals surface area contributed by atoms with Crippen molar-refractivity contribution >= 4 is 34.5 Å². The third kappa shape index (κ3) is 3.54. The van der Waals surface area contributed by atoms with Crippen LogP contribution in [0.5, 0.6) is 0 Å². The Balaban J connectivity index is 1.66. The van der Waals surface area contributed by atoms with Crippen LogP contribution in [0.1, 0.15) is 27.0 Å². The molecule has 3 nitrogen and oxygen atoms in total. The fraction of sp³-hybridized carbons (Fsp3) is 0.389. The summed E-state index contributed by atoms with van der Waals surface area (Å²) in [6.45, 7) is 7.42. The number of piperazine rings is 1. The molecule has 1 aromatic heterocycles. The minimum absolute atomic E-state index is 0.164. The third-order valence-electron chi connectivity index (χ3n) is 4.30. The van der Waals surface area contributed by atoms with E-state index in [2.05, 4.69) is 24.8 Å². The van der Waals surface area contributed by atoms with Crippen LogP contribution in [0.4, 0.5) is 5.69 Å². The zero-order chi connectivity index (χ0) is 16.4. The van der Waals surface area contributed by atoms with Crippen molar-refractivity contribution in [2.45, 2.75) is 20.3 Å². The van der Waals surface area contributed by atoms with Crippen molar-refractivity contribution < 1.29 is 4.79 Å². The van der Waals surface area contributed by atoms with Crippen molar-refractivity contribution in [3.05, 3.63) is 50.7 Å². The lowest BCUT2D eigenvalue weighted by atomic mass is 10.1. The van der Waals surface area contributed by atoms with Gasteiger partial charge in [0.15, 0.2) is 0 Å². The van der Waals surface area contributed by atoms with Crippen LogP contribution < -0.4 is 4.90 Å². The summed E-state index contributed by atoms with van der Waals surface area (Å²) in [6, 6.07) is 10.00. The molecule has 0 atom stereocenters. The van der Waals surface area contributed by atoms with Gasteiger partial charge >= 0.3 is 0 Å². The summed E-state index contributed by atoms with van der Waals surface area (Å²) in [4.78, 5) is 19.0. The predicted octanol–water partition coefficient (Wildman–Crippen LogP) is 4.23. The Bertz CT molecular complexity index is 705. The summed E-state index contributed by atoms with van der Waals surface area (Å²) in [5, 5.41) is 0.759. The SMILES string of the molecule is CCc1ccc(C(=O)N2CCN(c3cc(Cl)ccc3C)CC2)s1. The minimum Gasteiger partial charge on any atom is -0.368 e. The van der Waals surface area contributed by atoms with Crippen molar-refractivity contribution in [1.29, 1.82) is 0 Å². The Morgan fingerprint density at radius 3 is 2.57 bits per heavy atom. The molecular weight excluding hydrogens is 328 g/mol. The Morgan fingerprint density at radius 1 is 1.17 bits per heavy atom. The number of carbonyl (C=O) groups is 1. The molecule has 0 spiro atoms. The van der Waals surface area contributed by atoms with Crippen LogP contribution in [0.25, 0.3) is 0 Å². The van der Waals surface area contributed by atoms with E-state index in [-0.39, 0.29) is 5.91 Å². The number of rotatable bonds is 3. The first-order chi connectivity index (χ1) is 11.1. The standard InChI is InChI=1S/C18H21ClN2OS/c1-3-15-6-7-17(23-15)18(22)21-10-8-20(9-11-21)16-12-14(19)5-4-13(16)2/h4-7,12H,3,8-11H2,1-2H3. The number of anilines is 1. The first kappa shape index (κ1) is 16.3. The van der Waals surface area contributed by atoms with E-state index in [9.17, 15) is 4.79 Å². The topological polar surface area (TPSA) is 23.6 Å². The molecule has 0 radical (unpaired) electrons. The zero-order valence-electron chi connectivity index (χ0n) is 13.5. The van der Waals surface area contributed by atoms with Crippen molar-refractivity contribution in [3.63, 3.8) is 0 Å². The molecule has 2 heterocycles. The van der Waals surface area contributed by atoms with Gasteiger partial charge in [-0.1, -0.05) is 24.6 Å². The quantitative estimate of drug-likeness (QED) is 0.828. The molecule has 122 valence electrons. The smallest absolute Gasteiger partial charge is 0.264 e. The number of thiophene rings is 1. The molecule has 1 fully saturated rings. The van der Waals surface area contributed by atoms with E-state index in [0.29, 0.717) is 0 Å². The van der Waals surface area contributed by atoms with E-state index in [4.69, 9.17) is 11.6 Å². The van der Waals surface area contributed by atoms with Gasteiger partial charge in [0.25, 0.3) is 5.91 Å². The van der Waals surface area contributed by atoms with Gasteiger partial charge in [-0.2, -0.15) is 0 Å². The second-order valence-electron chi connectivity index (χ2n) is 5.83. The van der Waals surface area contributed by atoms with Gasteiger partial charge in [-0.15, -0.1) is 11.3 Å². The number of benzene rings is 1. The number of hydrogen-bond acceptors (Lipinski definition) is 3. The Kier molecular flexibility index (Phi) is 4.93. The molecule has 1 aliphatic rings. The van der Waals surface area contributed by atoms with Gasteiger partial charge in [0.05, 0.1) is 4.88 Å². The van der Waals surface area contributed by atoms with Crippen LogP contribution in [0, 0.1) is 6.92 Å². The van der Waals surface area contributed by atoms with Gasteiger partial charge < -0.3 is 9.80 Å². The van der Waals surface area contributed by atoms with E-state index >= 15 is 0 Å². The van der Waals surface area contributed by atoms with Crippen LogP contribution in [0.2, 0.25) is 5.02 Å². The highest BCUT2D eigenvalue weighted by Gasteiger charge is 2.24. The summed E-state index contributed by atoms with van der Waals surface area (Å²) < 4.78 is 0. The molecule has 0 bridgehead atoms. The van der Waals surface area contributed by atoms with Gasteiger partial charge in [-0.25, -0.2) is 0 Å². The molecule has 0 N–H and O–H groups in total. The highest BCUT2D eigenvalue weighted by Crippen LogP contribution is 2.26. The average Bonchev–Trinajstić information content (AvgIpc) is 3.06. The van der Waals surface area contributed by atoms with E-state index in [1.807, 2.05) is 29.2 Å². The Morgan fingerprint density at radius 2 is 1.91 bits per heavy atom. The van der Waals surface area contributed by atoms with Crippen molar-refractivity contribution in [3.8, 4) is 0 Å². The number of amides is 1. The molecule has 5 heteroatoms. The lowest BCUT2D eigenvalue weighted by Gasteiger charge is -2.36. The second-order valence-corrected chi connectivity index (χ2v) is 7.43. The van der Waals surface area contributed by atoms with Crippen LogP contribution in [0.3, 0.4) is 0 Å². The fourth-order valence-electron chi connectivity index (χ4n) is 2.91. The maximum absolute atomic E-state index is 12.6. The zero-order valence-corrected chi connectivity index (χ0v) is 15.1. The summed E-state index contributed by atoms with van der Waals surface area (Å²) in [6.07, 6.45) is 0.986. The van der Waals surface area contributed by atoms with Gasteiger partial charge in [-0.3, -0.25) is 4.79 Å². The lowest BCUT2D eigenvalue weighted by Crippen LogP contribution is -2.48. The molecule has 3 rings (SSSR count). The number of halogens is 1. The molecule has 2 aromatic rings. The lowest BCUT2D eigenvalue weighted by molar-refractivity contribution is 0.0751. The maximum atomic E-state index is 12.6. The van der Waals surface area contributed by atoms with Gasteiger partial charge in [0.1, 0.15) is 0 Å². The Labute approximate surface area is 146 Å². The summed E-state index contributed by atoms with van der Waals surface area (Å²) in [5.41, 5.74) is 2.40. The van der Waals surface area contributed by atoms with Crippen LogP contribution in [0.15, 0.2) is 30.3 Å². The van der Waals surface area contributed by atoms with E-state index in [1.165, 1.54) is 16.1 Å². The van der Waals surface area contributed by atoms with Crippen LogP contribution in [-0.2, 0) is 6.42 Å². The molecule has 0 aliphatic carbocycles. The monoisotopic (exact) mass is 348 g/mol. The summed E-state index contributed by atoms with van der Waals surface area (Å²) in [5.74, 6) is 0.164. The van der Waals surface area contributed by atoms with Gasteiger partial charge in [-0.05, 0) is 43.2 Å². The number of hydrogen-bond donors (Lipinski definition) is 0. The van der Waals surface area contributed by atoms with E-state index < -0.39 is 0 Å². The van der Waals surface area contributed by atoms with Gasteiger partial charge in [0.2, 0.25) is 0 Å². The molecule has 23 heavy (non-hydrogen) atoms. The highest BCUT2D eigenvalue weighted by atomic mass is 35.5. The molecule has 1 saturated heterocycles. The van der Waals surface area contributed by atoms with Gasteiger partial charge in [0, 0.05) is 41.8 Å². The summed E-state index contributed by atoms with van der Waals surface area (Å²) in [7, 11) is 0. The third-order valence-corrected chi connectivity index (χ3v) is 5.75. The maximum Gasteiger partial charge on any atom is 0.264 e. The highest BCUT2D eigenvalue weighted by molar-refractivity contribution is 7.14. The van der Waals surface area contributed by atoms with E-state index in [1.54, 1.807) is 11.3 Å². The van der Waals surface area contributed by atoms with E-state index in [0.717, 1.165) is 42.5 Å². The predicted molar refractivity (Wildman–Crippen MR) is 98.0 cm³/mol. The molecule has 1 aliphatic heterocycles. The van der Waals surface area contributed by atoms with Crippen LogP contribution >= 0.6 is 22.9 Å².